The van der Waals surface area contributed by atoms with E-state index in [0.29, 0.717) is 5.56 Å². The van der Waals surface area contributed by atoms with Crippen LogP contribution in [0.25, 0.3) is 0 Å². The zero-order chi connectivity index (χ0) is 21.8. The lowest BCUT2D eigenvalue weighted by Crippen LogP contribution is -2.50. The number of nitrogens with zero attached hydrogens (tertiary/aromatic N) is 1. The molecular formula is C22H22F2N2O4. The van der Waals surface area contributed by atoms with Gasteiger partial charge in [-0.15, -0.1) is 0 Å². The van der Waals surface area contributed by atoms with E-state index in [4.69, 9.17) is 0 Å². The molecule has 0 radical (unpaired) electrons. The Bertz CT molecular complexity index is 927. The van der Waals surface area contributed by atoms with Crippen LogP contribution in [0.3, 0.4) is 0 Å². The zero-order valence-electron chi connectivity index (χ0n) is 16.6. The third-order valence-electron chi connectivity index (χ3n) is 4.78. The van der Waals surface area contributed by atoms with Crippen LogP contribution in [-0.4, -0.2) is 35.3 Å². The fraction of sp³-hybridized carbons (Fsp3) is 0.318. The van der Waals surface area contributed by atoms with E-state index in [-0.39, 0.29) is 35.8 Å². The van der Waals surface area contributed by atoms with Gasteiger partial charge in [-0.1, -0.05) is 44.2 Å². The fourth-order valence-corrected chi connectivity index (χ4v) is 3.43. The Labute approximate surface area is 172 Å². The van der Waals surface area contributed by atoms with Crippen LogP contribution in [0.1, 0.15) is 46.5 Å². The number of halogens is 2. The van der Waals surface area contributed by atoms with Gasteiger partial charge in [-0.05, 0) is 30.5 Å². The number of carbonyl (C=O) groups is 3. The maximum atomic E-state index is 13.0. The number of nitrogens with one attached hydrogen (secondary N) is 1. The number of ether oxygens (including phenoxy) is 1. The van der Waals surface area contributed by atoms with Crippen molar-refractivity contribution in [1.29, 1.82) is 0 Å². The number of hydrogen-bond acceptors (Lipinski definition) is 4. The van der Waals surface area contributed by atoms with Crippen LogP contribution in [0.2, 0.25) is 0 Å². The first-order valence-electron chi connectivity index (χ1n) is 9.57. The number of para-hydroxylation sites is 1. The number of rotatable bonds is 8. The van der Waals surface area contributed by atoms with Gasteiger partial charge in [-0.25, -0.2) is 0 Å². The molecule has 30 heavy (non-hydrogen) atoms. The van der Waals surface area contributed by atoms with Crippen LogP contribution < -0.4 is 10.1 Å². The molecule has 1 atom stereocenters. The molecule has 6 nitrogen and oxygen atoms in total. The molecule has 0 aromatic heterocycles. The van der Waals surface area contributed by atoms with Crippen LogP contribution >= 0.6 is 0 Å². The number of hydrogen-bond donors (Lipinski definition) is 1. The Kier molecular flexibility index (Phi) is 6.44. The Hall–Kier alpha value is -3.29. The normalized spacial score (nSPS) is 14.3. The van der Waals surface area contributed by atoms with Crippen LogP contribution in [0.5, 0.6) is 5.75 Å². The van der Waals surface area contributed by atoms with E-state index in [1.165, 1.54) is 6.07 Å². The smallest absolute Gasteiger partial charge is 0.387 e. The molecule has 1 aliphatic heterocycles. The third kappa shape index (κ3) is 4.48. The Morgan fingerprint density at radius 1 is 1.00 bits per heavy atom. The second-order valence-electron chi connectivity index (χ2n) is 7.38. The molecule has 3 amide bonds. The first kappa shape index (κ1) is 21.4. The summed E-state index contributed by atoms with van der Waals surface area (Å²) in [5.41, 5.74) is 0.885. The quantitative estimate of drug-likeness (QED) is 0.667. The van der Waals surface area contributed by atoms with Gasteiger partial charge in [0.15, 0.2) is 0 Å². The van der Waals surface area contributed by atoms with Crippen molar-refractivity contribution in [3.05, 3.63) is 65.2 Å². The number of fused-ring (bicyclic) bond motifs is 1. The van der Waals surface area contributed by atoms with E-state index in [0.717, 1.165) is 4.90 Å². The molecule has 0 saturated heterocycles. The van der Waals surface area contributed by atoms with Crippen LogP contribution in [0, 0.1) is 5.92 Å². The van der Waals surface area contributed by atoms with Crippen molar-refractivity contribution in [2.75, 3.05) is 0 Å². The molecule has 1 aliphatic rings. The van der Waals surface area contributed by atoms with Gasteiger partial charge in [-0.2, -0.15) is 8.78 Å². The highest BCUT2D eigenvalue weighted by Crippen LogP contribution is 2.27. The molecule has 0 spiro atoms. The topological polar surface area (TPSA) is 75.7 Å². The third-order valence-corrected chi connectivity index (χ3v) is 4.78. The second kappa shape index (κ2) is 9.02. The van der Waals surface area contributed by atoms with Gasteiger partial charge in [0.25, 0.3) is 11.8 Å². The minimum atomic E-state index is -2.99. The number of benzene rings is 2. The highest BCUT2D eigenvalue weighted by molar-refractivity contribution is 6.22. The van der Waals surface area contributed by atoms with E-state index in [1.807, 2.05) is 13.8 Å². The number of carbonyl (C=O) groups excluding carboxylic acids is 3. The number of amides is 3. The molecule has 2 aromatic rings. The molecule has 0 saturated carbocycles. The van der Waals surface area contributed by atoms with Gasteiger partial charge in [0.05, 0.1) is 11.1 Å². The SMILES string of the molecule is CC(C)CC(C(=O)NCc1ccccc1OC(F)F)N1C(=O)c2ccccc2C1=O. The first-order chi connectivity index (χ1) is 14.3. The Morgan fingerprint density at radius 2 is 1.57 bits per heavy atom. The van der Waals surface area contributed by atoms with Gasteiger partial charge in [0.1, 0.15) is 11.8 Å². The molecular weight excluding hydrogens is 394 g/mol. The van der Waals surface area contributed by atoms with E-state index in [2.05, 4.69) is 10.1 Å². The first-order valence-corrected chi connectivity index (χ1v) is 9.57. The summed E-state index contributed by atoms with van der Waals surface area (Å²) in [6.07, 6.45) is 0.270. The average molecular weight is 416 g/mol. The van der Waals surface area contributed by atoms with Gasteiger partial charge in [-0.3, -0.25) is 19.3 Å². The highest BCUT2D eigenvalue weighted by Gasteiger charge is 2.42. The number of alkyl halides is 2. The molecule has 0 bridgehead atoms. The minimum absolute atomic E-state index is 0.0273. The second-order valence-corrected chi connectivity index (χ2v) is 7.38. The molecule has 0 aliphatic carbocycles. The Balaban J connectivity index is 1.80. The van der Waals surface area contributed by atoms with Gasteiger partial charge in [0.2, 0.25) is 5.91 Å². The molecule has 3 rings (SSSR count). The lowest BCUT2D eigenvalue weighted by Gasteiger charge is -2.27. The molecule has 158 valence electrons. The molecule has 0 fully saturated rings. The van der Waals surface area contributed by atoms with Crippen LogP contribution in [-0.2, 0) is 11.3 Å². The fourth-order valence-electron chi connectivity index (χ4n) is 3.43. The maximum absolute atomic E-state index is 13.0. The lowest BCUT2D eigenvalue weighted by molar-refractivity contribution is -0.125. The van der Waals surface area contributed by atoms with Crippen molar-refractivity contribution in [2.45, 2.75) is 39.5 Å². The zero-order valence-corrected chi connectivity index (χ0v) is 16.6. The average Bonchev–Trinajstić information content (AvgIpc) is 2.95. The molecule has 1 N–H and O–H groups in total. The van der Waals surface area contributed by atoms with Crippen molar-refractivity contribution in [1.82, 2.24) is 10.2 Å². The number of imide groups is 1. The van der Waals surface area contributed by atoms with Crippen molar-refractivity contribution in [3.63, 3.8) is 0 Å². The van der Waals surface area contributed by atoms with Gasteiger partial charge in [0, 0.05) is 12.1 Å². The standard InChI is InChI=1S/C22H22F2N2O4/c1-13(2)11-17(26-20(28)15-8-4-5-9-16(15)21(26)29)19(27)25-12-14-7-3-6-10-18(14)30-22(23)24/h3-10,13,17,22H,11-12H2,1-2H3,(H,25,27). The molecule has 2 aromatic carbocycles. The minimum Gasteiger partial charge on any atom is -0.434 e. The summed E-state index contributed by atoms with van der Waals surface area (Å²) in [6, 6.07) is 11.5. The van der Waals surface area contributed by atoms with Crippen molar-refractivity contribution >= 4 is 17.7 Å². The van der Waals surface area contributed by atoms with E-state index in [1.54, 1.807) is 42.5 Å². The summed E-state index contributed by atoms with van der Waals surface area (Å²) in [4.78, 5) is 39.6. The highest BCUT2D eigenvalue weighted by atomic mass is 19.3. The van der Waals surface area contributed by atoms with Crippen molar-refractivity contribution < 1.29 is 27.9 Å². The molecule has 8 heteroatoms. The lowest BCUT2D eigenvalue weighted by atomic mass is 10.0. The van der Waals surface area contributed by atoms with E-state index in [9.17, 15) is 23.2 Å². The summed E-state index contributed by atoms with van der Waals surface area (Å²) < 4.78 is 29.7. The van der Waals surface area contributed by atoms with Crippen LogP contribution in [0.15, 0.2) is 48.5 Å². The summed E-state index contributed by atoms with van der Waals surface area (Å²) in [7, 11) is 0. The maximum Gasteiger partial charge on any atom is 0.387 e. The molecule has 1 unspecified atom stereocenters. The summed E-state index contributed by atoms with van der Waals surface area (Å²) in [5, 5.41) is 2.65. The largest absolute Gasteiger partial charge is 0.434 e. The van der Waals surface area contributed by atoms with E-state index >= 15 is 0 Å². The summed E-state index contributed by atoms with van der Waals surface area (Å²) in [6.45, 7) is 0.683. The van der Waals surface area contributed by atoms with Crippen molar-refractivity contribution in [2.24, 2.45) is 5.92 Å². The predicted molar refractivity (Wildman–Crippen MR) is 105 cm³/mol. The van der Waals surface area contributed by atoms with Gasteiger partial charge < -0.3 is 10.1 Å². The molecule has 1 heterocycles. The van der Waals surface area contributed by atoms with Gasteiger partial charge >= 0.3 is 6.61 Å². The summed E-state index contributed by atoms with van der Waals surface area (Å²) in [5.74, 6) is -1.59. The van der Waals surface area contributed by atoms with Crippen LogP contribution in [0.4, 0.5) is 8.78 Å². The summed E-state index contributed by atoms with van der Waals surface area (Å²) >= 11 is 0. The van der Waals surface area contributed by atoms with E-state index < -0.39 is 30.4 Å². The van der Waals surface area contributed by atoms with Crippen molar-refractivity contribution in [3.8, 4) is 5.75 Å². The Morgan fingerprint density at radius 3 is 2.13 bits per heavy atom. The monoisotopic (exact) mass is 416 g/mol. The predicted octanol–water partition coefficient (Wildman–Crippen LogP) is 3.62.